The molecule has 2 amide bonds. The molecule has 0 aliphatic rings. The Morgan fingerprint density at radius 3 is 2.18 bits per heavy atom. The molecular weight excluding hydrogens is 438 g/mol. The van der Waals surface area contributed by atoms with Crippen LogP contribution in [0.25, 0.3) is 0 Å². The van der Waals surface area contributed by atoms with Crippen LogP contribution in [0.15, 0.2) is 18.2 Å². The first-order chi connectivity index (χ1) is 15.3. The van der Waals surface area contributed by atoms with Crippen LogP contribution in [0.2, 0.25) is 0 Å². The van der Waals surface area contributed by atoms with Crippen molar-refractivity contribution >= 4 is 17.8 Å². The fourth-order valence-corrected chi connectivity index (χ4v) is 2.58. The number of ether oxygens (including phenoxy) is 3. The van der Waals surface area contributed by atoms with Crippen LogP contribution in [0, 0.1) is 11.6 Å². The Morgan fingerprint density at radius 1 is 1.03 bits per heavy atom. The van der Waals surface area contributed by atoms with Gasteiger partial charge in [-0.1, -0.05) is 6.07 Å². The smallest absolute Gasteiger partial charge is 0.407 e. The number of hydrogen-bond donors (Lipinski definition) is 2. The van der Waals surface area contributed by atoms with Crippen LogP contribution in [0.1, 0.15) is 53.9 Å². The Hall–Kier alpha value is -2.75. The first-order valence-corrected chi connectivity index (χ1v) is 10.7. The van der Waals surface area contributed by atoms with Crippen molar-refractivity contribution in [2.75, 3.05) is 20.3 Å². The molecule has 0 saturated carbocycles. The zero-order valence-electron chi connectivity index (χ0n) is 20.1. The lowest BCUT2D eigenvalue weighted by Gasteiger charge is -2.26. The van der Waals surface area contributed by atoms with Gasteiger partial charge in [-0.3, -0.25) is 9.59 Å². The number of unbranched alkanes of at least 4 members (excludes halogenated alkanes) is 1. The van der Waals surface area contributed by atoms with E-state index in [1.165, 1.54) is 13.2 Å². The minimum atomic E-state index is -1.19. The number of hydrogen-bond acceptors (Lipinski definition) is 6. The number of methoxy groups -OCH3 is 1. The Balaban J connectivity index is 2.70. The second-order valence-electron chi connectivity index (χ2n) is 8.97. The van der Waals surface area contributed by atoms with E-state index in [9.17, 15) is 23.2 Å². The van der Waals surface area contributed by atoms with Gasteiger partial charge in [-0.25, -0.2) is 13.6 Å². The summed E-state index contributed by atoms with van der Waals surface area (Å²) < 4.78 is 42.9. The predicted octanol–water partition coefficient (Wildman–Crippen LogP) is 3.52. The first kappa shape index (κ1) is 28.3. The number of benzene rings is 1. The molecular formula is C23H34F2N2O6. The van der Waals surface area contributed by atoms with Gasteiger partial charge < -0.3 is 24.8 Å². The summed E-state index contributed by atoms with van der Waals surface area (Å²) in [7, 11) is 1.36. The molecule has 2 N–H and O–H groups in total. The number of Topliss-reactive ketones (excluding diaryl/α,β-unsaturated/α-hetero) is 1. The van der Waals surface area contributed by atoms with Gasteiger partial charge in [0.25, 0.3) is 5.91 Å². The van der Waals surface area contributed by atoms with Gasteiger partial charge in [0, 0.05) is 13.7 Å². The number of carbonyl (C=O) groups excluding carboxylic acids is 3. The third-order valence-electron chi connectivity index (χ3n) is 4.62. The van der Waals surface area contributed by atoms with Crippen molar-refractivity contribution in [2.45, 2.75) is 71.1 Å². The van der Waals surface area contributed by atoms with E-state index in [0.29, 0.717) is 19.4 Å². The van der Waals surface area contributed by atoms with E-state index in [1.54, 1.807) is 34.6 Å². The van der Waals surface area contributed by atoms with Gasteiger partial charge in [-0.2, -0.15) is 0 Å². The molecule has 10 heteroatoms. The number of ketones is 1. The SMILES string of the molecule is COC(C)(C)C(=O)N[C@@H](CCCCNC(=O)OC(C)(C)C)C(=O)COc1c(F)cccc1F. The van der Waals surface area contributed by atoms with Crippen molar-refractivity contribution in [3.63, 3.8) is 0 Å². The molecule has 0 bridgehead atoms. The highest BCUT2D eigenvalue weighted by atomic mass is 19.1. The molecule has 0 heterocycles. The summed E-state index contributed by atoms with van der Waals surface area (Å²) in [6.07, 6.45) is 0.651. The van der Waals surface area contributed by atoms with Crippen molar-refractivity contribution in [3.8, 4) is 5.75 Å². The van der Waals surface area contributed by atoms with Crippen LogP contribution in [0.5, 0.6) is 5.75 Å². The van der Waals surface area contributed by atoms with Crippen molar-refractivity contribution in [1.29, 1.82) is 0 Å². The highest BCUT2D eigenvalue weighted by Crippen LogP contribution is 2.21. The third-order valence-corrected chi connectivity index (χ3v) is 4.62. The fourth-order valence-electron chi connectivity index (χ4n) is 2.58. The maximum atomic E-state index is 13.8. The molecule has 0 unspecified atom stereocenters. The van der Waals surface area contributed by atoms with E-state index >= 15 is 0 Å². The van der Waals surface area contributed by atoms with E-state index in [-0.39, 0.29) is 6.42 Å². The van der Waals surface area contributed by atoms with Crippen molar-refractivity contribution in [3.05, 3.63) is 29.8 Å². The standard InChI is InChI=1S/C23H34F2N2O6/c1-22(2,3)33-21(30)26-13-8-7-12-17(27-20(29)23(4,5)31-6)18(28)14-32-19-15(24)10-9-11-16(19)25/h9-11,17H,7-8,12-14H2,1-6H3,(H,26,30)(H,27,29)/t17-/m0/s1. The summed E-state index contributed by atoms with van der Waals surface area (Å²) in [5.74, 6) is -3.60. The zero-order valence-corrected chi connectivity index (χ0v) is 20.1. The molecule has 33 heavy (non-hydrogen) atoms. The largest absolute Gasteiger partial charge is 0.480 e. The molecule has 1 aromatic carbocycles. The number of para-hydroxylation sites is 1. The fraction of sp³-hybridized carbons (Fsp3) is 0.609. The number of amides is 2. The van der Waals surface area contributed by atoms with Crippen LogP contribution < -0.4 is 15.4 Å². The molecule has 186 valence electrons. The van der Waals surface area contributed by atoms with E-state index in [1.807, 2.05) is 0 Å². The molecule has 0 aliphatic carbocycles. The summed E-state index contributed by atoms with van der Waals surface area (Å²) in [5, 5.41) is 5.23. The van der Waals surface area contributed by atoms with Crippen LogP contribution in [-0.2, 0) is 19.1 Å². The quantitative estimate of drug-likeness (QED) is 0.451. The molecule has 0 saturated heterocycles. The van der Waals surface area contributed by atoms with E-state index in [0.717, 1.165) is 12.1 Å². The minimum absolute atomic E-state index is 0.226. The second kappa shape index (κ2) is 12.5. The lowest BCUT2D eigenvalue weighted by Crippen LogP contribution is -2.51. The summed E-state index contributed by atoms with van der Waals surface area (Å²) >= 11 is 0. The van der Waals surface area contributed by atoms with E-state index < -0.39 is 59.0 Å². The average molecular weight is 473 g/mol. The summed E-state index contributed by atoms with van der Waals surface area (Å²) in [6, 6.07) is 2.24. The van der Waals surface area contributed by atoms with Crippen LogP contribution in [0.4, 0.5) is 13.6 Å². The molecule has 8 nitrogen and oxygen atoms in total. The average Bonchev–Trinajstić information content (AvgIpc) is 2.70. The summed E-state index contributed by atoms with van der Waals surface area (Å²) in [4.78, 5) is 36.9. The number of carbonyl (C=O) groups is 3. The van der Waals surface area contributed by atoms with Crippen molar-refractivity contribution in [2.24, 2.45) is 0 Å². The Labute approximate surface area is 193 Å². The minimum Gasteiger partial charge on any atom is -0.480 e. The van der Waals surface area contributed by atoms with Gasteiger partial charge in [0.05, 0.1) is 6.04 Å². The van der Waals surface area contributed by atoms with Gasteiger partial charge in [-0.05, 0) is 66.0 Å². The molecule has 0 aliphatic heterocycles. The monoisotopic (exact) mass is 472 g/mol. The molecule has 1 rings (SSSR count). The van der Waals surface area contributed by atoms with Crippen molar-refractivity contribution < 1.29 is 37.4 Å². The highest BCUT2D eigenvalue weighted by Gasteiger charge is 2.31. The van der Waals surface area contributed by atoms with E-state index in [4.69, 9.17) is 14.2 Å². The number of rotatable bonds is 12. The molecule has 1 atom stereocenters. The Morgan fingerprint density at radius 2 is 1.64 bits per heavy atom. The predicted molar refractivity (Wildman–Crippen MR) is 118 cm³/mol. The molecule has 0 spiro atoms. The zero-order chi connectivity index (χ0) is 25.2. The molecule has 1 aromatic rings. The highest BCUT2D eigenvalue weighted by molar-refractivity contribution is 5.92. The lowest BCUT2D eigenvalue weighted by atomic mass is 10.0. The first-order valence-electron chi connectivity index (χ1n) is 10.7. The maximum absolute atomic E-state index is 13.8. The van der Waals surface area contributed by atoms with Gasteiger partial charge in [-0.15, -0.1) is 0 Å². The summed E-state index contributed by atoms with van der Waals surface area (Å²) in [6.45, 7) is 8.02. The van der Waals surface area contributed by atoms with Gasteiger partial charge in [0.2, 0.25) is 0 Å². The van der Waals surface area contributed by atoms with E-state index in [2.05, 4.69) is 10.6 Å². The maximum Gasteiger partial charge on any atom is 0.407 e. The molecule has 0 radical (unpaired) electrons. The molecule has 0 aromatic heterocycles. The lowest BCUT2D eigenvalue weighted by molar-refractivity contribution is -0.142. The van der Waals surface area contributed by atoms with Crippen molar-refractivity contribution in [1.82, 2.24) is 10.6 Å². The van der Waals surface area contributed by atoms with Gasteiger partial charge >= 0.3 is 6.09 Å². The van der Waals surface area contributed by atoms with Crippen LogP contribution in [0.3, 0.4) is 0 Å². The topological polar surface area (TPSA) is 103 Å². The summed E-state index contributed by atoms with van der Waals surface area (Å²) in [5.41, 5.74) is -1.80. The number of alkyl carbamates (subject to hydrolysis) is 1. The van der Waals surface area contributed by atoms with Gasteiger partial charge in [0.15, 0.2) is 23.2 Å². The molecule has 0 fully saturated rings. The van der Waals surface area contributed by atoms with Gasteiger partial charge in [0.1, 0.15) is 17.8 Å². The Kier molecular flexibility index (Phi) is 10.7. The number of nitrogens with one attached hydrogen (secondary N) is 2. The Bertz CT molecular complexity index is 803. The second-order valence-corrected chi connectivity index (χ2v) is 8.97. The van der Waals surface area contributed by atoms with Crippen LogP contribution >= 0.6 is 0 Å². The normalized spacial score (nSPS) is 12.6. The number of halogens is 2. The van der Waals surface area contributed by atoms with Crippen LogP contribution in [-0.4, -0.2) is 55.3 Å². The third kappa shape index (κ3) is 10.2.